The molecule has 10 atom stereocenters. The largest absolute Gasteiger partial charge is 0.393 e. The maximum atomic E-state index is 14.4. The molecule has 4 saturated carbocycles. The van der Waals surface area contributed by atoms with Crippen LogP contribution in [0.2, 0.25) is 0 Å². The molecule has 2 amide bonds. The second kappa shape index (κ2) is 11.9. The standard InChI is InChI=1S/C41H60N2O3/c1-27-17-22-41(36(46)43-26-25-42-34(45)16-13-29-11-9-8-10-12-29)24-23-39(6)30(35(41)28(27)2)14-15-32-38(5)20-19-33(44)37(3,4)31(38)18-21-40(32,39)7/h8-14,16,27-28,31-33,35,44H,15,17-26H2,1-7H3,(H,42,45)(H,43,46)/b16-13+/t27-,28+,31+,32-,33+,35+,38+,39-,40-,41+/m1/s1. The lowest BCUT2D eigenvalue weighted by molar-refractivity contribution is -0.204. The zero-order valence-corrected chi connectivity index (χ0v) is 29.6. The summed E-state index contributed by atoms with van der Waals surface area (Å²) in [5.74, 6) is 2.48. The van der Waals surface area contributed by atoms with Crippen molar-refractivity contribution in [3.8, 4) is 0 Å². The third kappa shape index (κ3) is 5.04. The van der Waals surface area contributed by atoms with Crippen LogP contribution in [0.5, 0.6) is 0 Å². The van der Waals surface area contributed by atoms with E-state index in [9.17, 15) is 14.7 Å². The van der Waals surface area contributed by atoms with Gasteiger partial charge in [0.25, 0.3) is 0 Å². The highest BCUT2D eigenvalue weighted by molar-refractivity contribution is 5.91. The molecule has 5 heteroatoms. The van der Waals surface area contributed by atoms with E-state index in [2.05, 4.69) is 65.2 Å². The van der Waals surface area contributed by atoms with Gasteiger partial charge in [-0.25, -0.2) is 0 Å². The predicted molar refractivity (Wildman–Crippen MR) is 186 cm³/mol. The van der Waals surface area contributed by atoms with Crippen molar-refractivity contribution in [1.82, 2.24) is 10.6 Å². The van der Waals surface area contributed by atoms with Gasteiger partial charge in [-0.15, -0.1) is 0 Å². The Kier molecular flexibility index (Phi) is 8.69. The number of amides is 2. The first-order valence-electron chi connectivity index (χ1n) is 18.4. The summed E-state index contributed by atoms with van der Waals surface area (Å²) in [4.78, 5) is 26.8. The van der Waals surface area contributed by atoms with Gasteiger partial charge in [-0.2, -0.15) is 0 Å². The average molecular weight is 629 g/mol. The monoisotopic (exact) mass is 628 g/mol. The first-order chi connectivity index (χ1) is 21.7. The number of carbonyl (C=O) groups is 2. The molecule has 252 valence electrons. The van der Waals surface area contributed by atoms with Crippen LogP contribution < -0.4 is 10.6 Å². The van der Waals surface area contributed by atoms with Gasteiger partial charge in [0.2, 0.25) is 11.8 Å². The van der Waals surface area contributed by atoms with Crippen molar-refractivity contribution in [2.75, 3.05) is 13.1 Å². The summed E-state index contributed by atoms with van der Waals surface area (Å²) in [6.45, 7) is 18.1. The quantitative estimate of drug-likeness (QED) is 0.170. The van der Waals surface area contributed by atoms with E-state index < -0.39 is 0 Å². The van der Waals surface area contributed by atoms with Crippen LogP contribution in [0.3, 0.4) is 0 Å². The lowest BCUT2D eigenvalue weighted by atomic mass is 9.33. The molecule has 3 N–H and O–H groups in total. The van der Waals surface area contributed by atoms with E-state index in [4.69, 9.17) is 0 Å². The van der Waals surface area contributed by atoms with Crippen molar-refractivity contribution in [2.24, 2.45) is 56.7 Å². The van der Waals surface area contributed by atoms with Gasteiger partial charge in [0, 0.05) is 19.2 Å². The Morgan fingerprint density at radius 1 is 0.870 bits per heavy atom. The maximum Gasteiger partial charge on any atom is 0.244 e. The van der Waals surface area contributed by atoms with E-state index in [1.165, 1.54) is 12.8 Å². The molecule has 0 heterocycles. The molecule has 0 radical (unpaired) electrons. The number of hydrogen-bond donors (Lipinski definition) is 3. The van der Waals surface area contributed by atoms with Crippen LogP contribution in [-0.4, -0.2) is 36.1 Å². The lowest BCUT2D eigenvalue weighted by Crippen LogP contribution is -2.66. The van der Waals surface area contributed by atoms with Crippen molar-refractivity contribution < 1.29 is 14.7 Å². The molecule has 0 saturated heterocycles. The van der Waals surface area contributed by atoms with E-state index >= 15 is 0 Å². The zero-order valence-electron chi connectivity index (χ0n) is 29.6. The van der Waals surface area contributed by atoms with Crippen molar-refractivity contribution >= 4 is 17.9 Å². The highest BCUT2D eigenvalue weighted by Gasteiger charge is 2.69. The number of aliphatic hydroxyl groups excluding tert-OH is 1. The lowest BCUT2D eigenvalue weighted by Gasteiger charge is -2.71. The molecule has 46 heavy (non-hydrogen) atoms. The highest BCUT2D eigenvalue weighted by atomic mass is 16.3. The van der Waals surface area contributed by atoms with E-state index in [0.29, 0.717) is 36.8 Å². The fourth-order valence-corrected chi connectivity index (χ4v) is 12.2. The van der Waals surface area contributed by atoms with Crippen LogP contribution in [-0.2, 0) is 9.59 Å². The van der Waals surface area contributed by atoms with Crippen molar-refractivity contribution in [3.63, 3.8) is 0 Å². The smallest absolute Gasteiger partial charge is 0.244 e. The molecule has 0 unspecified atom stereocenters. The minimum atomic E-state index is -0.379. The molecule has 0 aromatic heterocycles. The molecule has 6 rings (SSSR count). The van der Waals surface area contributed by atoms with Gasteiger partial charge >= 0.3 is 0 Å². The Balaban J connectivity index is 1.21. The minimum absolute atomic E-state index is 0.0516. The van der Waals surface area contributed by atoms with Gasteiger partial charge in [0.1, 0.15) is 0 Å². The second-order valence-corrected chi connectivity index (χ2v) is 17.5. The average Bonchev–Trinajstić information content (AvgIpc) is 3.02. The third-order valence-electron chi connectivity index (χ3n) is 15.4. The summed E-state index contributed by atoms with van der Waals surface area (Å²) in [6, 6.07) is 9.81. The molecule has 0 bridgehead atoms. The number of rotatable bonds is 6. The van der Waals surface area contributed by atoms with Crippen LogP contribution >= 0.6 is 0 Å². The van der Waals surface area contributed by atoms with Crippen molar-refractivity contribution in [3.05, 3.63) is 53.6 Å². The topological polar surface area (TPSA) is 78.4 Å². The molecule has 5 aliphatic carbocycles. The van der Waals surface area contributed by atoms with E-state index in [1.807, 2.05) is 36.4 Å². The third-order valence-corrected chi connectivity index (χ3v) is 15.4. The molecule has 4 fully saturated rings. The predicted octanol–water partition coefficient (Wildman–Crippen LogP) is 7.95. The Hall–Kier alpha value is -2.40. The van der Waals surface area contributed by atoms with Crippen molar-refractivity contribution in [2.45, 2.75) is 112 Å². The van der Waals surface area contributed by atoms with E-state index in [-0.39, 0.29) is 50.9 Å². The fourth-order valence-electron chi connectivity index (χ4n) is 12.2. The summed E-state index contributed by atoms with van der Waals surface area (Å²) in [7, 11) is 0. The number of allylic oxidation sites excluding steroid dienone is 2. The molecular formula is C41H60N2O3. The molecule has 5 nitrogen and oxygen atoms in total. The van der Waals surface area contributed by atoms with Gasteiger partial charge in [-0.3, -0.25) is 9.59 Å². The zero-order chi connectivity index (χ0) is 33.1. The van der Waals surface area contributed by atoms with Crippen LogP contribution in [0, 0.1) is 56.7 Å². The Morgan fingerprint density at radius 3 is 2.33 bits per heavy atom. The fraction of sp³-hybridized carbons (Fsp3) is 0.707. The number of carbonyl (C=O) groups excluding carboxylic acids is 2. The highest BCUT2D eigenvalue weighted by Crippen LogP contribution is 2.75. The minimum Gasteiger partial charge on any atom is -0.393 e. The van der Waals surface area contributed by atoms with Gasteiger partial charge in [-0.05, 0) is 121 Å². The Bertz CT molecular complexity index is 1380. The summed E-state index contributed by atoms with van der Waals surface area (Å²) in [6.07, 6.45) is 15.3. The van der Waals surface area contributed by atoms with Crippen LogP contribution in [0.25, 0.3) is 6.08 Å². The van der Waals surface area contributed by atoms with Crippen molar-refractivity contribution in [1.29, 1.82) is 0 Å². The first kappa shape index (κ1) is 33.5. The number of benzene rings is 1. The van der Waals surface area contributed by atoms with E-state index in [0.717, 1.165) is 50.5 Å². The van der Waals surface area contributed by atoms with Gasteiger partial charge in [-0.1, -0.05) is 90.4 Å². The van der Waals surface area contributed by atoms with Crippen LogP contribution in [0.15, 0.2) is 48.1 Å². The molecule has 0 aliphatic heterocycles. The SMILES string of the molecule is C[C@H]1[C@H](C)CC[C@]2(C(=O)NCCNC(=O)/C=C/c3ccccc3)CC[C@]3(C)C(=CC[C@@H]4[C@@]5(C)CC[C@H](O)C(C)(C)[C@@H]5CC[C@]43C)[C@H]12. The molecule has 0 spiro atoms. The molecule has 1 aromatic rings. The first-order valence-corrected chi connectivity index (χ1v) is 18.4. The molecular weight excluding hydrogens is 568 g/mol. The molecule has 5 aliphatic rings. The van der Waals surface area contributed by atoms with E-state index in [1.54, 1.807) is 11.6 Å². The maximum absolute atomic E-state index is 14.4. The summed E-state index contributed by atoms with van der Waals surface area (Å²) >= 11 is 0. The Morgan fingerprint density at radius 2 is 1.59 bits per heavy atom. The normalized spacial score (nSPS) is 42.9. The number of hydrogen-bond acceptors (Lipinski definition) is 3. The summed E-state index contributed by atoms with van der Waals surface area (Å²) in [5.41, 5.74) is 2.62. The van der Waals surface area contributed by atoms with Crippen LogP contribution in [0.1, 0.15) is 112 Å². The second-order valence-electron chi connectivity index (χ2n) is 17.5. The number of nitrogens with one attached hydrogen (secondary N) is 2. The number of fused-ring (bicyclic) bond motifs is 7. The van der Waals surface area contributed by atoms with Gasteiger partial charge in [0.05, 0.1) is 11.5 Å². The Labute approximate surface area is 278 Å². The molecule has 1 aromatic carbocycles. The summed E-state index contributed by atoms with van der Waals surface area (Å²) in [5, 5.41) is 17.3. The van der Waals surface area contributed by atoms with Gasteiger partial charge < -0.3 is 15.7 Å². The van der Waals surface area contributed by atoms with Gasteiger partial charge in [0.15, 0.2) is 0 Å². The summed E-state index contributed by atoms with van der Waals surface area (Å²) < 4.78 is 0. The number of aliphatic hydroxyl groups is 1. The van der Waals surface area contributed by atoms with Crippen LogP contribution in [0.4, 0.5) is 0 Å².